The molecule has 1 aliphatic heterocycles. The van der Waals surface area contributed by atoms with Crippen LogP contribution in [0.15, 0.2) is 158 Å². The first kappa shape index (κ1) is 37.6. The van der Waals surface area contributed by atoms with Gasteiger partial charge in [0, 0.05) is 42.9 Å². The lowest BCUT2D eigenvalue weighted by atomic mass is 9.49. The molecule has 58 heavy (non-hydrogen) atoms. The highest BCUT2D eigenvalue weighted by Gasteiger charge is 2.69. The molecule has 292 valence electrons. The third-order valence-electron chi connectivity index (χ3n) is 13.3. The lowest BCUT2D eigenvalue weighted by Crippen LogP contribution is -2.66. The van der Waals surface area contributed by atoms with Crippen molar-refractivity contribution in [2.45, 2.75) is 36.3 Å². The monoisotopic (exact) mass is 779 g/mol. The number of halogens is 3. The second kappa shape index (κ2) is 14.1. The fourth-order valence-corrected chi connectivity index (χ4v) is 10.6. The van der Waals surface area contributed by atoms with Gasteiger partial charge in [-0.3, -0.25) is 28.9 Å². The number of nitrogens with zero attached hydrogens (tertiary/aromatic N) is 1. The normalized spacial score (nSPS) is 35.2. The van der Waals surface area contributed by atoms with Gasteiger partial charge in [0.15, 0.2) is 34.4 Å². The summed E-state index contributed by atoms with van der Waals surface area (Å²) in [6.45, 7) is 0. The summed E-state index contributed by atoms with van der Waals surface area (Å²) in [4.78, 5) is 66.4. The van der Waals surface area contributed by atoms with Gasteiger partial charge >= 0.3 is 0 Å². The number of fused-ring (bicyclic) bond motifs is 2. The molecule has 0 radical (unpaired) electrons. The van der Waals surface area contributed by atoms with Crippen molar-refractivity contribution in [2.75, 3.05) is 4.90 Å². The number of hydrogen-bond acceptors (Lipinski definition) is 5. The molecule has 11 atom stereocenters. The number of Topliss-reactive ketones (excluding diaryl/α,β-unsaturated/α-hetero) is 2. The summed E-state index contributed by atoms with van der Waals surface area (Å²) in [6.07, 6.45) is 9.16. The number of benzene rings is 4. The second-order valence-corrected chi connectivity index (χ2v) is 16.4. The molecular weight excluding hydrogens is 740 g/mol. The van der Waals surface area contributed by atoms with E-state index < -0.39 is 93.5 Å². The molecule has 1 saturated heterocycles. The topological polar surface area (TPSA) is 88.6 Å². The number of amides is 2. The Hall–Kier alpha value is -5.96. The predicted molar refractivity (Wildman–Crippen MR) is 211 cm³/mol. The van der Waals surface area contributed by atoms with Crippen molar-refractivity contribution in [1.29, 1.82) is 0 Å². The van der Waals surface area contributed by atoms with E-state index in [4.69, 9.17) is 0 Å². The minimum Gasteiger partial charge on any atom is -0.295 e. The van der Waals surface area contributed by atoms with Crippen molar-refractivity contribution in [2.24, 2.45) is 47.3 Å². The van der Waals surface area contributed by atoms with Crippen LogP contribution < -0.4 is 4.90 Å². The van der Waals surface area contributed by atoms with Gasteiger partial charge in [0.25, 0.3) is 0 Å². The van der Waals surface area contributed by atoms with E-state index in [1.54, 1.807) is 134 Å². The Kier molecular flexibility index (Phi) is 9.17. The van der Waals surface area contributed by atoms with Crippen LogP contribution in [0.2, 0.25) is 0 Å². The van der Waals surface area contributed by atoms with Crippen LogP contribution >= 0.6 is 0 Å². The van der Waals surface area contributed by atoms with Crippen LogP contribution in [-0.2, 0) is 43.2 Å². The van der Waals surface area contributed by atoms with Crippen molar-refractivity contribution in [1.82, 2.24) is 0 Å². The van der Waals surface area contributed by atoms with Crippen LogP contribution in [0.1, 0.15) is 16.7 Å². The molecule has 0 N–H and O–H groups in total. The molecule has 3 fully saturated rings. The second-order valence-electron chi connectivity index (χ2n) is 16.4. The zero-order chi connectivity index (χ0) is 40.4. The van der Waals surface area contributed by atoms with E-state index in [2.05, 4.69) is 0 Å². The first-order chi connectivity index (χ1) is 28.0. The summed E-state index contributed by atoms with van der Waals surface area (Å²) in [6, 6.07) is 35.5. The van der Waals surface area contributed by atoms with Crippen molar-refractivity contribution in [3.8, 4) is 0 Å². The van der Waals surface area contributed by atoms with Crippen LogP contribution in [0, 0.1) is 47.3 Å². The fraction of sp³-hybridized carbons (Fsp3) is 0.286. The van der Waals surface area contributed by atoms with Crippen LogP contribution in [0.25, 0.3) is 0 Å². The van der Waals surface area contributed by atoms with Crippen molar-refractivity contribution >= 4 is 34.9 Å². The molecule has 4 bridgehead atoms. The molecule has 8 aliphatic rings. The lowest BCUT2D eigenvalue weighted by molar-refractivity contribution is -0.160. The van der Waals surface area contributed by atoms with Gasteiger partial charge in [-0.15, -0.1) is 0 Å². The molecule has 2 saturated carbocycles. The third-order valence-corrected chi connectivity index (χ3v) is 13.3. The molecule has 0 unspecified atom stereocenters. The number of anilines is 1. The Bertz CT molecular complexity index is 2390. The van der Waals surface area contributed by atoms with Crippen LogP contribution in [-0.4, -0.2) is 46.2 Å². The van der Waals surface area contributed by atoms with Crippen molar-refractivity contribution in [3.63, 3.8) is 0 Å². The first-order valence-electron chi connectivity index (χ1n) is 19.7. The average Bonchev–Trinajstić information content (AvgIpc) is 3.51. The van der Waals surface area contributed by atoms with E-state index >= 15 is 13.2 Å². The molecule has 1 heterocycles. The zero-order valence-electron chi connectivity index (χ0n) is 31.4. The Morgan fingerprint density at radius 3 is 1.45 bits per heavy atom. The van der Waals surface area contributed by atoms with Gasteiger partial charge in [0.05, 0.1) is 23.4 Å². The van der Waals surface area contributed by atoms with Gasteiger partial charge in [-0.05, 0) is 40.8 Å². The highest BCUT2D eigenvalue weighted by atomic mass is 19.2. The fourth-order valence-electron chi connectivity index (χ4n) is 10.6. The number of alkyl halides is 3. The van der Waals surface area contributed by atoms with Gasteiger partial charge < -0.3 is 0 Å². The zero-order valence-corrected chi connectivity index (χ0v) is 31.4. The Labute approximate surface area is 334 Å². The molecule has 9 heteroatoms. The molecule has 7 aliphatic carbocycles. The SMILES string of the molecule is O=C1C=C[C@@H]2[C@@H]([C@@H]3C=C[C@H]2C(=O)[C@@]3(F)Cc2ccccc2)[C@]1(F)Cc1ccccc1.O=C1[C@@H]2[C@H](C(=O)N1c1ccccc1)[C@@H]1C=C[C@H]2C(=O)[C@@]1(F)Cc1ccccc1. The minimum absolute atomic E-state index is 0.0891. The molecule has 4 aromatic carbocycles. The molecule has 6 nitrogen and oxygen atoms in total. The lowest BCUT2D eigenvalue weighted by Gasteiger charge is -2.55. The highest BCUT2D eigenvalue weighted by Crippen LogP contribution is 2.58. The smallest absolute Gasteiger partial charge is 0.238 e. The number of rotatable bonds is 7. The van der Waals surface area contributed by atoms with E-state index in [1.807, 2.05) is 18.2 Å². The minimum atomic E-state index is -2.25. The largest absolute Gasteiger partial charge is 0.295 e. The van der Waals surface area contributed by atoms with E-state index in [0.717, 1.165) is 4.90 Å². The van der Waals surface area contributed by atoms with E-state index in [9.17, 15) is 24.0 Å². The number of hydrogen-bond donors (Lipinski definition) is 0. The van der Waals surface area contributed by atoms with Gasteiger partial charge in [-0.2, -0.15) is 0 Å². The summed E-state index contributed by atoms with van der Waals surface area (Å²) in [5.74, 6) is -9.15. The van der Waals surface area contributed by atoms with E-state index in [0.29, 0.717) is 22.4 Å². The number of carbonyl (C=O) groups excluding carboxylic acids is 5. The van der Waals surface area contributed by atoms with Gasteiger partial charge in [-0.1, -0.05) is 140 Å². The summed E-state index contributed by atoms with van der Waals surface area (Å²) < 4.78 is 49.1. The molecule has 12 rings (SSSR count). The maximum absolute atomic E-state index is 16.5. The quantitative estimate of drug-likeness (QED) is 0.141. The third kappa shape index (κ3) is 5.80. The molecule has 0 spiro atoms. The summed E-state index contributed by atoms with van der Waals surface area (Å²) >= 11 is 0. The number of para-hydroxylation sites is 1. The number of carbonyl (C=O) groups is 5. The van der Waals surface area contributed by atoms with Gasteiger partial charge in [-0.25, -0.2) is 13.2 Å². The van der Waals surface area contributed by atoms with Crippen molar-refractivity contribution in [3.05, 3.63) is 174 Å². The maximum Gasteiger partial charge on any atom is 0.238 e. The van der Waals surface area contributed by atoms with Crippen molar-refractivity contribution < 1.29 is 37.1 Å². The Balaban J connectivity index is 0.000000151. The molecule has 4 aromatic rings. The molecule has 0 aromatic heterocycles. The first-order valence-corrected chi connectivity index (χ1v) is 19.7. The van der Waals surface area contributed by atoms with E-state index in [1.165, 1.54) is 6.08 Å². The van der Waals surface area contributed by atoms with Gasteiger partial charge in [0.1, 0.15) is 0 Å². The highest BCUT2D eigenvalue weighted by molar-refractivity contribution is 6.24. The Morgan fingerprint density at radius 2 is 0.897 bits per heavy atom. The summed E-state index contributed by atoms with van der Waals surface area (Å²) in [5.41, 5.74) is -4.10. The van der Waals surface area contributed by atoms with Gasteiger partial charge in [0.2, 0.25) is 11.8 Å². The van der Waals surface area contributed by atoms with Crippen LogP contribution in [0.3, 0.4) is 0 Å². The standard InChI is InChI=1S/C26H22F2O2.C23H18FNO3/c27-25(15-17-7-3-1-4-8-17)21-13-11-20(24(25)30)19-12-14-22(29)26(28,23(19)21)16-18-9-5-2-6-10-18;24-23(13-14-7-3-1-4-8-14)17-12-11-16(20(23)26)18-19(17)22(28)25(21(18)27)15-9-5-2-6-10-15/h1-14,19-21,23H,15-16H2;1-12,16-19H,13H2/t19-,20+,21-,23-,25+,26-;16-,17+,18+,19-,23-/m01/s1. The summed E-state index contributed by atoms with van der Waals surface area (Å²) in [7, 11) is 0. The van der Waals surface area contributed by atoms with E-state index in [-0.39, 0.29) is 19.3 Å². The molecule has 2 amide bonds. The number of imide groups is 1. The number of ketones is 3. The maximum atomic E-state index is 16.5. The Morgan fingerprint density at radius 1 is 0.466 bits per heavy atom. The average molecular weight is 780 g/mol. The summed E-state index contributed by atoms with van der Waals surface area (Å²) in [5, 5.41) is 0. The molecular formula is C49H40F3NO5. The number of allylic oxidation sites excluding steroid dienone is 6. The van der Waals surface area contributed by atoms with Crippen LogP contribution in [0.4, 0.5) is 18.9 Å². The van der Waals surface area contributed by atoms with Crippen LogP contribution in [0.5, 0.6) is 0 Å². The predicted octanol–water partition coefficient (Wildman–Crippen LogP) is 7.77.